The van der Waals surface area contributed by atoms with Gasteiger partial charge in [0.25, 0.3) is 0 Å². The standard InChI is InChI=1S/C22H32N4O5S2/c1-17-22(18(2)26(23-17)20-7-12-32(27,28)16-20)15-24(3)14-19-5-4-6-21(13-19)33(29,30)25-8-10-31-11-9-25/h4-6,13,20H,7-12,14-16H2,1-3H3. The van der Waals surface area contributed by atoms with E-state index >= 15 is 0 Å². The monoisotopic (exact) mass is 496 g/mol. The molecule has 1 atom stereocenters. The minimum Gasteiger partial charge on any atom is -0.379 e. The molecule has 2 aliphatic heterocycles. The molecule has 2 aromatic rings. The van der Waals surface area contributed by atoms with Gasteiger partial charge in [0.15, 0.2) is 9.84 Å². The normalized spacial score (nSPS) is 21.6. The molecule has 1 aromatic carbocycles. The third-order valence-electron chi connectivity index (χ3n) is 6.42. The van der Waals surface area contributed by atoms with Crippen molar-refractivity contribution < 1.29 is 21.6 Å². The fourth-order valence-electron chi connectivity index (χ4n) is 4.63. The minimum absolute atomic E-state index is 0.102. The Labute approximate surface area is 196 Å². The van der Waals surface area contributed by atoms with Gasteiger partial charge in [-0.2, -0.15) is 9.40 Å². The molecule has 0 N–H and O–H groups in total. The van der Waals surface area contributed by atoms with E-state index in [1.807, 2.05) is 31.6 Å². The third kappa shape index (κ3) is 5.32. The summed E-state index contributed by atoms with van der Waals surface area (Å²) >= 11 is 0. The summed E-state index contributed by atoms with van der Waals surface area (Å²) < 4.78 is 58.4. The van der Waals surface area contributed by atoms with E-state index in [1.54, 1.807) is 18.2 Å². The maximum atomic E-state index is 13.0. The lowest BCUT2D eigenvalue weighted by molar-refractivity contribution is 0.0730. The van der Waals surface area contributed by atoms with Gasteiger partial charge in [-0.1, -0.05) is 12.1 Å². The smallest absolute Gasteiger partial charge is 0.243 e. The number of nitrogens with zero attached hydrogens (tertiary/aromatic N) is 4. The lowest BCUT2D eigenvalue weighted by Crippen LogP contribution is -2.40. The highest BCUT2D eigenvalue weighted by Gasteiger charge is 2.31. The van der Waals surface area contributed by atoms with E-state index in [9.17, 15) is 16.8 Å². The lowest BCUT2D eigenvalue weighted by Gasteiger charge is -2.26. The average molecular weight is 497 g/mol. The highest BCUT2D eigenvalue weighted by Crippen LogP contribution is 2.27. The number of aromatic nitrogens is 2. The van der Waals surface area contributed by atoms with Crippen molar-refractivity contribution in [2.75, 3.05) is 44.9 Å². The SMILES string of the molecule is Cc1nn(C2CCS(=O)(=O)C2)c(C)c1CN(C)Cc1cccc(S(=O)(=O)N2CCOCC2)c1. The van der Waals surface area contributed by atoms with Crippen LogP contribution >= 0.6 is 0 Å². The second-order valence-corrected chi connectivity index (χ2v) is 13.2. The van der Waals surface area contributed by atoms with Crippen LogP contribution in [-0.2, 0) is 37.7 Å². The van der Waals surface area contributed by atoms with Crippen molar-refractivity contribution in [3.8, 4) is 0 Å². The molecule has 182 valence electrons. The van der Waals surface area contributed by atoms with E-state index in [-0.39, 0.29) is 17.5 Å². The predicted octanol–water partition coefficient (Wildman–Crippen LogP) is 1.51. The van der Waals surface area contributed by atoms with E-state index in [0.717, 1.165) is 22.5 Å². The first-order valence-electron chi connectivity index (χ1n) is 11.2. The van der Waals surface area contributed by atoms with Crippen LogP contribution in [-0.4, -0.2) is 80.7 Å². The quantitative estimate of drug-likeness (QED) is 0.573. The van der Waals surface area contributed by atoms with Crippen LogP contribution in [0.15, 0.2) is 29.2 Å². The van der Waals surface area contributed by atoms with Gasteiger partial charge >= 0.3 is 0 Å². The maximum Gasteiger partial charge on any atom is 0.243 e. The first-order valence-corrected chi connectivity index (χ1v) is 14.4. The van der Waals surface area contributed by atoms with Gasteiger partial charge in [0, 0.05) is 37.4 Å². The molecular formula is C22H32N4O5S2. The van der Waals surface area contributed by atoms with Gasteiger partial charge in [-0.3, -0.25) is 9.58 Å². The van der Waals surface area contributed by atoms with E-state index in [1.165, 1.54) is 4.31 Å². The molecule has 3 heterocycles. The van der Waals surface area contributed by atoms with Crippen molar-refractivity contribution in [1.82, 2.24) is 19.0 Å². The van der Waals surface area contributed by atoms with Crippen molar-refractivity contribution >= 4 is 19.9 Å². The van der Waals surface area contributed by atoms with Crippen LogP contribution < -0.4 is 0 Å². The Morgan fingerprint density at radius 2 is 1.91 bits per heavy atom. The Kier molecular flexibility index (Phi) is 6.97. The van der Waals surface area contributed by atoms with E-state index in [4.69, 9.17) is 4.74 Å². The largest absolute Gasteiger partial charge is 0.379 e. The first kappa shape index (κ1) is 24.3. The number of morpholine rings is 1. The Hall–Kier alpha value is -1.79. The zero-order valence-electron chi connectivity index (χ0n) is 19.4. The van der Waals surface area contributed by atoms with Gasteiger partial charge in [-0.25, -0.2) is 16.8 Å². The predicted molar refractivity (Wildman–Crippen MR) is 125 cm³/mol. The van der Waals surface area contributed by atoms with Crippen LogP contribution in [0.2, 0.25) is 0 Å². The van der Waals surface area contributed by atoms with Crippen molar-refractivity contribution in [1.29, 1.82) is 0 Å². The summed E-state index contributed by atoms with van der Waals surface area (Å²) in [6, 6.07) is 7.00. The number of hydrogen-bond donors (Lipinski definition) is 0. The van der Waals surface area contributed by atoms with Crippen LogP contribution in [0.25, 0.3) is 0 Å². The van der Waals surface area contributed by atoms with Crippen molar-refractivity contribution in [3.05, 3.63) is 46.8 Å². The van der Waals surface area contributed by atoms with Crippen LogP contribution in [0, 0.1) is 13.8 Å². The Bertz CT molecular complexity index is 1220. The van der Waals surface area contributed by atoms with Gasteiger partial charge in [-0.05, 0) is 45.0 Å². The summed E-state index contributed by atoms with van der Waals surface area (Å²) in [5.41, 5.74) is 3.88. The molecular weight excluding hydrogens is 464 g/mol. The van der Waals surface area contributed by atoms with Crippen molar-refractivity contribution in [3.63, 3.8) is 0 Å². The summed E-state index contributed by atoms with van der Waals surface area (Å²) in [5, 5.41) is 4.65. The molecule has 2 saturated heterocycles. The van der Waals surface area contributed by atoms with Crippen LogP contribution in [0.3, 0.4) is 0 Å². The number of hydrogen-bond acceptors (Lipinski definition) is 7. The molecule has 11 heteroatoms. The zero-order chi connectivity index (χ0) is 23.8. The topological polar surface area (TPSA) is 102 Å². The average Bonchev–Trinajstić information content (AvgIpc) is 3.27. The lowest BCUT2D eigenvalue weighted by atomic mass is 10.1. The molecule has 0 amide bonds. The number of aryl methyl sites for hydroxylation is 1. The Balaban J connectivity index is 1.47. The molecule has 1 aromatic heterocycles. The molecule has 1 unspecified atom stereocenters. The molecule has 0 spiro atoms. The van der Waals surface area contributed by atoms with Crippen molar-refractivity contribution in [2.45, 2.75) is 44.3 Å². The molecule has 4 rings (SSSR count). The molecule has 0 saturated carbocycles. The second kappa shape index (κ2) is 9.46. The number of ether oxygens (including phenoxy) is 1. The highest BCUT2D eigenvalue weighted by molar-refractivity contribution is 7.91. The summed E-state index contributed by atoms with van der Waals surface area (Å²) in [4.78, 5) is 2.42. The van der Waals surface area contributed by atoms with Crippen LogP contribution in [0.4, 0.5) is 0 Å². The summed E-state index contributed by atoms with van der Waals surface area (Å²) in [5.74, 6) is 0.365. The molecule has 9 nitrogen and oxygen atoms in total. The number of sulfone groups is 1. The van der Waals surface area contributed by atoms with E-state index in [0.29, 0.717) is 50.7 Å². The van der Waals surface area contributed by atoms with Crippen LogP contribution in [0.5, 0.6) is 0 Å². The van der Waals surface area contributed by atoms with Crippen molar-refractivity contribution in [2.24, 2.45) is 0 Å². The molecule has 2 fully saturated rings. The Morgan fingerprint density at radius 1 is 1.18 bits per heavy atom. The minimum atomic E-state index is -3.54. The van der Waals surface area contributed by atoms with E-state index < -0.39 is 19.9 Å². The fraction of sp³-hybridized carbons (Fsp3) is 0.591. The third-order valence-corrected chi connectivity index (χ3v) is 10.1. The number of benzene rings is 1. The molecule has 2 aliphatic rings. The van der Waals surface area contributed by atoms with Gasteiger partial charge < -0.3 is 4.74 Å². The summed E-state index contributed by atoms with van der Waals surface area (Å²) in [6.45, 7) is 6.73. The summed E-state index contributed by atoms with van der Waals surface area (Å²) in [6.07, 6.45) is 0.601. The molecule has 0 bridgehead atoms. The van der Waals surface area contributed by atoms with Gasteiger partial charge in [0.1, 0.15) is 0 Å². The second-order valence-electron chi connectivity index (χ2n) is 8.99. The Morgan fingerprint density at radius 3 is 2.58 bits per heavy atom. The zero-order valence-corrected chi connectivity index (χ0v) is 21.0. The number of rotatable bonds is 7. The van der Waals surface area contributed by atoms with Crippen LogP contribution in [0.1, 0.15) is 35.0 Å². The molecule has 0 radical (unpaired) electrons. The van der Waals surface area contributed by atoms with Gasteiger partial charge in [0.05, 0.1) is 41.4 Å². The van der Waals surface area contributed by atoms with E-state index in [2.05, 4.69) is 10.00 Å². The summed E-state index contributed by atoms with van der Waals surface area (Å²) in [7, 11) is -4.53. The first-order chi connectivity index (χ1) is 15.6. The molecule has 0 aliphatic carbocycles. The number of sulfonamides is 1. The van der Waals surface area contributed by atoms with Gasteiger partial charge in [0.2, 0.25) is 10.0 Å². The van der Waals surface area contributed by atoms with Gasteiger partial charge in [-0.15, -0.1) is 0 Å². The maximum absolute atomic E-state index is 13.0. The highest BCUT2D eigenvalue weighted by atomic mass is 32.2. The fourth-order valence-corrected chi connectivity index (χ4v) is 7.80. The molecule has 33 heavy (non-hydrogen) atoms.